The maximum absolute atomic E-state index is 5.68. The quantitative estimate of drug-likeness (QED) is 0.546. The van der Waals surface area contributed by atoms with Crippen LogP contribution in [-0.2, 0) is 0 Å². The van der Waals surface area contributed by atoms with Gasteiger partial charge in [-0.05, 0) is 0 Å². The van der Waals surface area contributed by atoms with Crippen molar-refractivity contribution in [1.29, 1.82) is 0 Å². The Morgan fingerprint density at radius 3 is 2.62 bits per heavy atom. The molecule has 3 rings (SSSR count). The van der Waals surface area contributed by atoms with E-state index in [0.29, 0.717) is 14.5 Å². The van der Waals surface area contributed by atoms with Crippen LogP contribution in [0.1, 0.15) is 0 Å². The number of anilines is 1. The molecule has 3 aromatic rings. The predicted octanol–water partition coefficient (Wildman–Crippen LogP) is 2.54. The fourth-order valence-electron chi connectivity index (χ4n) is 1.66. The zero-order valence-corrected chi connectivity index (χ0v) is 10.3. The molecule has 1 aromatic carbocycles. The molecular weight excluding hydrogens is 263 g/mol. The van der Waals surface area contributed by atoms with Gasteiger partial charge < -0.3 is 0 Å². The van der Waals surface area contributed by atoms with Crippen molar-refractivity contribution >= 4 is 30.0 Å². The van der Waals surface area contributed by atoms with E-state index in [1.807, 2.05) is 24.4 Å². The third kappa shape index (κ3) is 1.64. The van der Waals surface area contributed by atoms with Crippen molar-refractivity contribution in [3.8, 4) is 10.0 Å². The zero-order valence-electron chi connectivity index (χ0n) is 8.55. The minimum atomic E-state index is 0.326. The molecule has 2 N–H and O–H groups in total. The van der Waals surface area contributed by atoms with E-state index in [4.69, 9.17) is 5.73 Å². The molecule has 0 atom stereocenters. The van der Waals surface area contributed by atoms with Crippen LogP contribution in [0.3, 0.4) is 0 Å². The second-order valence-corrected chi connectivity index (χ2v) is 5.79. The molecule has 2 aromatic heterocycles. The number of benzene rings is 1. The Kier molecular flexibility index (Phi) is 2.28. The molecule has 0 spiro atoms. The molecule has 0 fully saturated rings. The second kappa shape index (κ2) is 3.78. The van der Waals surface area contributed by atoms with Gasteiger partial charge in [-0.2, -0.15) is 0 Å². The SMILES string of the molecule is Nc1ccc(-c2cc3cccnc3[se]2)cc1. The van der Waals surface area contributed by atoms with E-state index in [1.54, 1.807) is 0 Å². The normalized spacial score (nSPS) is 10.8. The summed E-state index contributed by atoms with van der Waals surface area (Å²) in [5.41, 5.74) is 7.75. The number of pyridine rings is 1. The fraction of sp³-hybridized carbons (Fsp3) is 0. The van der Waals surface area contributed by atoms with E-state index < -0.39 is 0 Å². The summed E-state index contributed by atoms with van der Waals surface area (Å²) < 4.78 is 2.60. The summed E-state index contributed by atoms with van der Waals surface area (Å²) in [7, 11) is 0. The number of nitrogens with zero attached hydrogens (tertiary/aromatic N) is 1. The summed E-state index contributed by atoms with van der Waals surface area (Å²) in [5.74, 6) is 0. The summed E-state index contributed by atoms with van der Waals surface area (Å²) >= 11 is 0.326. The number of fused-ring (bicyclic) bond motifs is 1. The number of hydrogen-bond acceptors (Lipinski definition) is 2. The molecule has 3 heteroatoms. The molecule has 78 valence electrons. The van der Waals surface area contributed by atoms with Gasteiger partial charge in [-0.3, -0.25) is 0 Å². The third-order valence-electron chi connectivity index (χ3n) is 2.49. The molecule has 0 saturated heterocycles. The Morgan fingerprint density at radius 2 is 1.88 bits per heavy atom. The molecule has 2 nitrogen and oxygen atoms in total. The fourth-order valence-corrected chi connectivity index (χ4v) is 3.77. The number of nitrogens with two attached hydrogens (primary N) is 1. The van der Waals surface area contributed by atoms with Crippen LogP contribution in [0.25, 0.3) is 19.8 Å². The van der Waals surface area contributed by atoms with Gasteiger partial charge >= 0.3 is 99.3 Å². The van der Waals surface area contributed by atoms with Gasteiger partial charge in [0.05, 0.1) is 0 Å². The Hall–Kier alpha value is -1.57. The number of hydrogen-bond donors (Lipinski definition) is 1. The Bertz CT molecular complexity index is 593. The molecule has 0 saturated carbocycles. The van der Waals surface area contributed by atoms with E-state index in [2.05, 4.69) is 29.2 Å². The van der Waals surface area contributed by atoms with E-state index in [0.717, 1.165) is 5.69 Å². The minimum absolute atomic E-state index is 0.326. The number of aromatic nitrogens is 1. The van der Waals surface area contributed by atoms with Crippen LogP contribution in [0, 0.1) is 0 Å². The first-order valence-electron chi connectivity index (χ1n) is 5.03. The molecule has 0 aliphatic carbocycles. The summed E-state index contributed by atoms with van der Waals surface area (Å²) in [5, 5.41) is 1.26. The molecule has 0 unspecified atom stereocenters. The van der Waals surface area contributed by atoms with E-state index in [9.17, 15) is 0 Å². The van der Waals surface area contributed by atoms with Gasteiger partial charge in [-0.1, -0.05) is 0 Å². The van der Waals surface area contributed by atoms with Crippen molar-refractivity contribution in [1.82, 2.24) is 4.98 Å². The third-order valence-corrected chi connectivity index (χ3v) is 4.81. The van der Waals surface area contributed by atoms with Gasteiger partial charge in [0, 0.05) is 0 Å². The molecule has 0 amide bonds. The summed E-state index contributed by atoms with van der Waals surface area (Å²) in [6.45, 7) is 0. The standard InChI is InChI=1S/C13H10N2Se/c14-11-5-3-9(4-6-11)12-8-10-2-1-7-15-13(10)16-12/h1-8H,14H2. The second-order valence-electron chi connectivity index (χ2n) is 3.63. The Balaban J connectivity index is 2.15. The van der Waals surface area contributed by atoms with Crippen LogP contribution < -0.4 is 5.73 Å². The van der Waals surface area contributed by atoms with Crippen molar-refractivity contribution < 1.29 is 0 Å². The van der Waals surface area contributed by atoms with Crippen molar-refractivity contribution in [2.24, 2.45) is 0 Å². The molecule has 16 heavy (non-hydrogen) atoms. The molecular formula is C13H10N2Se. The zero-order chi connectivity index (χ0) is 11.0. The van der Waals surface area contributed by atoms with Crippen LogP contribution in [0.15, 0.2) is 48.7 Å². The predicted molar refractivity (Wildman–Crippen MR) is 68.5 cm³/mol. The van der Waals surface area contributed by atoms with Crippen molar-refractivity contribution in [3.63, 3.8) is 0 Å². The first kappa shape index (κ1) is 9.64. The summed E-state index contributed by atoms with van der Waals surface area (Å²) in [4.78, 5) is 4.40. The van der Waals surface area contributed by atoms with Crippen LogP contribution in [0.2, 0.25) is 0 Å². The average Bonchev–Trinajstić information content (AvgIpc) is 2.73. The van der Waals surface area contributed by atoms with Gasteiger partial charge in [0.1, 0.15) is 0 Å². The first-order chi connectivity index (χ1) is 7.83. The van der Waals surface area contributed by atoms with Gasteiger partial charge in [0.2, 0.25) is 0 Å². The molecule has 0 aliphatic heterocycles. The van der Waals surface area contributed by atoms with E-state index >= 15 is 0 Å². The van der Waals surface area contributed by atoms with Crippen molar-refractivity contribution in [2.75, 3.05) is 5.73 Å². The number of rotatable bonds is 1. The van der Waals surface area contributed by atoms with Crippen molar-refractivity contribution in [3.05, 3.63) is 48.7 Å². The summed E-state index contributed by atoms with van der Waals surface area (Å²) in [6.07, 6.45) is 1.86. The van der Waals surface area contributed by atoms with Gasteiger partial charge in [-0.25, -0.2) is 0 Å². The Labute approximate surface area is 99.5 Å². The summed E-state index contributed by atoms with van der Waals surface area (Å²) in [6, 6.07) is 14.4. The molecule has 2 heterocycles. The Morgan fingerprint density at radius 1 is 1.06 bits per heavy atom. The molecule has 0 aliphatic rings. The molecule has 0 radical (unpaired) electrons. The van der Waals surface area contributed by atoms with Gasteiger partial charge in [-0.15, -0.1) is 0 Å². The van der Waals surface area contributed by atoms with E-state index in [-0.39, 0.29) is 0 Å². The van der Waals surface area contributed by atoms with Gasteiger partial charge in [0.25, 0.3) is 0 Å². The maximum atomic E-state index is 5.68. The van der Waals surface area contributed by atoms with Crippen LogP contribution in [0.4, 0.5) is 5.69 Å². The van der Waals surface area contributed by atoms with E-state index in [1.165, 1.54) is 19.8 Å². The molecule has 0 bridgehead atoms. The van der Waals surface area contributed by atoms with Crippen LogP contribution in [0.5, 0.6) is 0 Å². The first-order valence-corrected chi connectivity index (χ1v) is 6.75. The van der Waals surface area contributed by atoms with Crippen LogP contribution >= 0.6 is 0 Å². The topological polar surface area (TPSA) is 38.9 Å². The number of nitrogen functional groups attached to an aromatic ring is 1. The van der Waals surface area contributed by atoms with Crippen molar-refractivity contribution in [2.45, 2.75) is 0 Å². The van der Waals surface area contributed by atoms with Gasteiger partial charge in [0.15, 0.2) is 0 Å². The average molecular weight is 273 g/mol. The van der Waals surface area contributed by atoms with Crippen LogP contribution in [-0.4, -0.2) is 19.5 Å². The monoisotopic (exact) mass is 274 g/mol.